The highest BCUT2D eigenvalue weighted by Gasteiger charge is 2.20. The van der Waals surface area contributed by atoms with Gasteiger partial charge in [-0.25, -0.2) is 9.78 Å². The molecule has 170 valence electrons. The smallest absolute Gasteiger partial charge is 0.350 e. The van der Waals surface area contributed by atoms with Crippen molar-refractivity contribution in [2.45, 2.75) is 40.2 Å². The average molecular weight is 560 g/mol. The number of aliphatic imine (C=N–C) groups is 1. The first-order chi connectivity index (χ1) is 14.5. The van der Waals surface area contributed by atoms with Gasteiger partial charge >= 0.3 is 5.97 Å². The summed E-state index contributed by atoms with van der Waals surface area (Å²) >= 11 is 1.35. The third kappa shape index (κ3) is 6.70. The lowest BCUT2D eigenvalue weighted by atomic mass is 10.1. The minimum atomic E-state index is -0.324. The van der Waals surface area contributed by atoms with Gasteiger partial charge in [0, 0.05) is 13.1 Å². The van der Waals surface area contributed by atoms with Gasteiger partial charge in [0.2, 0.25) is 6.79 Å². The van der Waals surface area contributed by atoms with Crippen LogP contribution >= 0.6 is 35.3 Å². The second-order valence-electron chi connectivity index (χ2n) is 6.75. The summed E-state index contributed by atoms with van der Waals surface area (Å²) in [6, 6.07) is 5.86. The highest BCUT2D eigenvalue weighted by molar-refractivity contribution is 14.0. The van der Waals surface area contributed by atoms with E-state index in [2.05, 4.69) is 20.6 Å². The van der Waals surface area contributed by atoms with Crippen molar-refractivity contribution < 1.29 is 19.0 Å². The first kappa shape index (κ1) is 25.2. The molecule has 0 aliphatic carbocycles. The van der Waals surface area contributed by atoms with Crippen molar-refractivity contribution in [1.29, 1.82) is 0 Å². The molecule has 2 aromatic rings. The largest absolute Gasteiger partial charge is 0.462 e. The lowest BCUT2D eigenvalue weighted by Crippen LogP contribution is -2.38. The van der Waals surface area contributed by atoms with Gasteiger partial charge in [-0.15, -0.1) is 35.3 Å². The molecular formula is C21H29IN4O4S. The second kappa shape index (κ2) is 12.1. The summed E-state index contributed by atoms with van der Waals surface area (Å²) in [6.07, 6.45) is 0.783. The van der Waals surface area contributed by atoms with Crippen LogP contribution in [0.15, 0.2) is 23.2 Å². The van der Waals surface area contributed by atoms with E-state index in [1.54, 1.807) is 6.92 Å². The minimum Gasteiger partial charge on any atom is -0.462 e. The Morgan fingerprint density at radius 2 is 2.10 bits per heavy atom. The molecule has 0 fully saturated rings. The number of aryl methyl sites for hydroxylation is 1. The Morgan fingerprint density at radius 1 is 1.32 bits per heavy atom. The number of halogens is 1. The Hall–Kier alpha value is -2.08. The van der Waals surface area contributed by atoms with E-state index in [0.29, 0.717) is 29.7 Å². The number of rotatable bonds is 8. The highest BCUT2D eigenvalue weighted by atomic mass is 127. The number of benzene rings is 1. The van der Waals surface area contributed by atoms with Gasteiger partial charge in [-0.3, -0.25) is 4.99 Å². The molecule has 2 N–H and O–H groups in total. The molecule has 3 rings (SSSR count). The van der Waals surface area contributed by atoms with E-state index < -0.39 is 0 Å². The van der Waals surface area contributed by atoms with E-state index in [9.17, 15) is 4.79 Å². The predicted octanol–water partition coefficient (Wildman–Crippen LogP) is 3.83. The Bertz CT molecular complexity index is 919. The molecular weight excluding hydrogens is 531 g/mol. The molecule has 1 unspecified atom stereocenters. The topological polar surface area (TPSA) is 94.1 Å². The summed E-state index contributed by atoms with van der Waals surface area (Å²) < 4.78 is 15.9. The number of nitrogens with zero attached hydrogens (tertiary/aromatic N) is 2. The van der Waals surface area contributed by atoms with E-state index in [4.69, 9.17) is 14.2 Å². The molecule has 0 bridgehead atoms. The molecule has 1 aromatic carbocycles. The standard InChI is InChI=1S/C21H28N4O4S.HI/c1-5-22-21(23-10-9-15-7-8-16-17(11-15)29-12-28-16)25-14(4)19-24-13(3)18(30-19)20(26)27-6-2;/h7-8,11,14H,5-6,9-10,12H2,1-4H3,(H2,22,23,25);1H. The van der Waals surface area contributed by atoms with Crippen LogP contribution in [0.3, 0.4) is 0 Å². The lowest BCUT2D eigenvalue weighted by molar-refractivity contribution is 0.0531. The molecule has 1 aliphatic rings. The Morgan fingerprint density at radius 3 is 2.84 bits per heavy atom. The Labute approximate surface area is 203 Å². The van der Waals surface area contributed by atoms with Crippen LogP contribution in [0.25, 0.3) is 0 Å². The SMILES string of the molecule is CCNC(=NCCc1ccc2c(c1)OCO2)NC(C)c1nc(C)c(C(=O)OCC)s1.I. The first-order valence-corrected chi connectivity index (χ1v) is 10.9. The molecule has 0 saturated heterocycles. The van der Waals surface area contributed by atoms with Crippen LogP contribution in [-0.2, 0) is 11.2 Å². The van der Waals surface area contributed by atoms with Gasteiger partial charge in [0.25, 0.3) is 0 Å². The molecule has 1 aliphatic heterocycles. The maximum atomic E-state index is 12.0. The second-order valence-corrected chi connectivity index (χ2v) is 7.78. The summed E-state index contributed by atoms with van der Waals surface area (Å²) in [6.45, 7) is 9.62. The first-order valence-electron chi connectivity index (χ1n) is 10.1. The van der Waals surface area contributed by atoms with Gasteiger partial charge in [0.05, 0.1) is 18.3 Å². The van der Waals surface area contributed by atoms with Gasteiger partial charge in [-0.2, -0.15) is 0 Å². The van der Waals surface area contributed by atoms with Crippen molar-refractivity contribution >= 4 is 47.2 Å². The van der Waals surface area contributed by atoms with Crippen molar-refractivity contribution in [3.8, 4) is 11.5 Å². The van der Waals surface area contributed by atoms with Crippen LogP contribution in [0.1, 0.15) is 52.7 Å². The monoisotopic (exact) mass is 560 g/mol. The number of esters is 1. The number of guanidine groups is 1. The molecule has 1 aromatic heterocycles. The maximum Gasteiger partial charge on any atom is 0.350 e. The molecule has 0 spiro atoms. The number of ether oxygens (including phenoxy) is 3. The molecule has 0 saturated carbocycles. The zero-order valence-corrected chi connectivity index (χ0v) is 21.3. The number of fused-ring (bicyclic) bond motifs is 1. The van der Waals surface area contributed by atoms with E-state index in [-0.39, 0.29) is 42.8 Å². The summed E-state index contributed by atoms with van der Waals surface area (Å²) in [5.74, 6) is 1.95. The summed E-state index contributed by atoms with van der Waals surface area (Å²) in [7, 11) is 0. The van der Waals surface area contributed by atoms with Crippen molar-refractivity contribution in [3.63, 3.8) is 0 Å². The average Bonchev–Trinajstić information content (AvgIpc) is 3.34. The third-order valence-electron chi connectivity index (χ3n) is 4.45. The molecule has 31 heavy (non-hydrogen) atoms. The number of carbonyl (C=O) groups excluding carboxylic acids is 1. The fourth-order valence-corrected chi connectivity index (χ4v) is 3.93. The normalized spacial score (nSPS) is 13.4. The van der Waals surface area contributed by atoms with Crippen molar-refractivity contribution in [2.75, 3.05) is 26.5 Å². The Kier molecular flexibility index (Phi) is 9.82. The number of thiazole rings is 1. The van der Waals surface area contributed by atoms with Gasteiger partial charge in [-0.05, 0) is 51.8 Å². The number of hydrogen-bond acceptors (Lipinski definition) is 7. The van der Waals surface area contributed by atoms with Crippen molar-refractivity contribution in [3.05, 3.63) is 39.3 Å². The highest BCUT2D eigenvalue weighted by Crippen LogP contribution is 2.32. The van der Waals surface area contributed by atoms with Gasteiger partial charge in [0.1, 0.15) is 9.88 Å². The van der Waals surface area contributed by atoms with Crippen LogP contribution in [0.4, 0.5) is 0 Å². The van der Waals surface area contributed by atoms with Crippen LogP contribution in [-0.4, -0.2) is 43.4 Å². The molecule has 0 amide bonds. The molecule has 0 radical (unpaired) electrons. The molecule has 2 heterocycles. The number of carbonyl (C=O) groups is 1. The maximum absolute atomic E-state index is 12.0. The van der Waals surface area contributed by atoms with Gasteiger partial charge in [0.15, 0.2) is 17.5 Å². The fourth-order valence-electron chi connectivity index (χ4n) is 2.97. The molecule has 10 heteroatoms. The van der Waals surface area contributed by atoms with Gasteiger partial charge in [-0.1, -0.05) is 6.07 Å². The quantitative estimate of drug-likeness (QED) is 0.219. The van der Waals surface area contributed by atoms with Crippen LogP contribution < -0.4 is 20.1 Å². The van der Waals surface area contributed by atoms with E-state index >= 15 is 0 Å². The van der Waals surface area contributed by atoms with E-state index in [1.165, 1.54) is 11.3 Å². The van der Waals surface area contributed by atoms with E-state index in [1.807, 2.05) is 39.0 Å². The van der Waals surface area contributed by atoms with Gasteiger partial charge < -0.3 is 24.8 Å². The number of aromatic nitrogens is 1. The van der Waals surface area contributed by atoms with Crippen LogP contribution in [0.5, 0.6) is 11.5 Å². The number of hydrogen-bond donors (Lipinski definition) is 2. The summed E-state index contributed by atoms with van der Waals surface area (Å²) in [5, 5.41) is 7.44. The van der Waals surface area contributed by atoms with Crippen LogP contribution in [0, 0.1) is 6.92 Å². The fraction of sp³-hybridized carbons (Fsp3) is 0.476. The zero-order valence-electron chi connectivity index (χ0n) is 18.2. The summed E-state index contributed by atoms with van der Waals surface area (Å²) in [5.41, 5.74) is 1.83. The van der Waals surface area contributed by atoms with Crippen LogP contribution in [0.2, 0.25) is 0 Å². The summed E-state index contributed by atoms with van der Waals surface area (Å²) in [4.78, 5) is 21.8. The zero-order chi connectivity index (χ0) is 21.5. The van der Waals surface area contributed by atoms with Crippen molar-refractivity contribution in [2.24, 2.45) is 4.99 Å². The van der Waals surface area contributed by atoms with Crippen molar-refractivity contribution in [1.82, 2.24) is 15.6 Å². The minimum absolute atomic E-state index is 0. The lowest BCUT2D eigenvalue weighted by Gasteiger charge is -2.16. The predicted molar refractivity (Wildman–Crippen MR) is 132 cm³/mol. The third-order valence-corrected chi connectivity index (χ3v) is 5.77. The van der Waals surface area contributed by atoms with E-state index in [0.717, 1.165) is 35.0 Å². The Balaban J connectivity index is 0.00000341. The molecule has 8 nitrogen and oxygen atoms in total. The number of nitrogens with one attached hydrogen (secondary N) is 2. The molecule has 1 atom stereocenters.